The first kappa shape index (κ1) is 14.3. The first-order chi connectivity index (χ1) is 8.18. The van der Waals surface area contributed by atoms with Crippen LogP contribution in [0.4, 0.5) is 0 Å². The number of benzene rings is 1. The van der Waals surface area contributed by atoms with Crippen LogP contribution in [0, 0.1) is 0 Å². The molecule has 0 bridgehead atoms. The Kier molecular flexibility index (Phi) is 5.77. The molecule has 0 aromatic heterocycles. The molecular formula is C14H19NOW. The van der Waals surface area contributed by atoms with Gasteiger partial charge < -0.3 is 0 Å². The summed E-state index contributed by atoms with van der Waals surface area (Å²) in [6.45, 7) is 4.00. The van der Waals surface area contributed by atoms with Crippen LogP contribution in [-0.2, 0) is 24.1 Å². The number of hydrogen-bond donors (Lipinski definition) is 0. The van der Waals surface area contributed by atoms with E-state index >= 15 is 0 Å². The summed E-state index contributed by atoms with van der Waals surface area (Å²) in [5.41, 5.74) is 1.29. The monoisotopic (exact) mass is 401 g/mol. The topological polar surface area (TPSA) is 20.3 Å². The molecule has 1 amide bonds. The van der Waals surface area contributed by atoms with E-state index in [1.54, 1.807) is 0 Å². The molecule has 0 saturated carbocycles. The summed E-state index contributed by atoms with van der Waals surface area (Å²) < 4.78 is 1.25. The molecule has 1 aliphatic heterocycles. The molecular weight excluding hydrogens is 382 g/mol. The first-order valence-electron chi connectivity index (χ1n) is 6.03. The second-order valence-electron chi connectivity index (χ2n) is 3.86. The van der Waals surface area contributed by atoms with Crippen LogP contribution in [0.25, 0.3) is 0 Å². The standard InChI is InChI=1S/C12H13NO.C2H6.W/c1-13-8-7-11(9-12(13)14)10-5-3-2-4-6-10;1-2;/h2-6,11H,7,9H2,1H3;1-2H3;. The van der Waals surface area contributed by atoms with Gasteiger partial charge in [0.1, 0.15) is 0 Å². The molecule has 1 saturated heterocycles. The third-order valence-electron chi connectivity index (χ3n) is 2.86. The van der Waals surface area contributed by atoms with Crippen molar-refractivity contribution in [2.45, 2.75) is 32.6 Å². The van der Waals surface area contributed by atoms with E-state index in [1.807, 2.05) is 44.0 Å². The van der Waals surface area contributed by atoms with Crippen LogP contribution in [0.1, 0.15) is 38.2 Å². The molecule has 1 heterocycles. The molecule has 1 atom stereocenters. The van der Waals surface area contributed by atoms with Crippen LogP contribution in [0.3, 0.4) is 0 Å². The number of piperidine rings is 1. The van der Waals surface area contributed by atoms with Crippen molar-refractivity contribution < 1.29 is 24.1 Å². The molecule has 0 spiro atoms. The number of nitrogens with zero attached hydrogens (tertiary/aromatic N) is 1. The Balaban J connectivity index is 0.000000686. The van der Waals surface area contributed by atoms with Gasteiger partial charge in [-0.3, -0.25) is 0 Å². The van der Waals surface area contributed by atoms with Gasteiger partial charge in [0.25, 0.3) is 0 Å². The Hall–Kier alpha value is -0.752. The molecule has 1 aliphatic rings. The van der Waals surface area contributed by atoms with Gasteiger partial charge >= 0.3 is 101 Å². The zero-order chi connectivity index (χ0) is 12.8. The van der Waals surface area contributed by atoms with Crippen molar-refractivity contribution in [2.75, 3.05) is 7.05 Å². The van der Waals surface area contributed by atoms with Crippen molar-refractivity contribution in [2.24, 2.45) is 0 Å². The molecule has 1 fully saturated rings. The Morgan fingerprint density at radius 1 is 1.18 bits per heavy atom. The summed E-state index contributed by atoms with van der Waals surface area (Å²) in [6.07, 6.45) is 1.68. The minimum atomic E-state index is 0.250. The van der Waals surface area contributed by atoms with Crippen LogP contribution in [0.5, 0.6) is 0 Å². The van der Waals surface area contributed by atoms with Crippen molar-refractivity contribution in [3.05, 3.63) is 35.9 Å². The van der Waals surface area contributed by atoms with Gasteiger partial charge in [-0.15, -0.1) is 0 Å². The maximum atomic E-state index is 11.7. The zero-order valence-corrected chi connectivity index (χ0v) is 13.6. The summed E-state index contributed by atoms with van der Waals surface area (Å²) in [5.74, 6) is 0.641. The zero-order valence-electron chi connectivity index (χ0n) is 10.6. The molecule has 0 aliphatic carbocycles. The van der Waals surface area contributed by atoms with E-state index in [-0.39, 0.29) is 5.91 Å². The summed E-state index contributed by atoms with van der Waals surface area (Å²) in [4.78, 5) is 13.5. The van der Waals surface area contributed by atoms with E-state index in [0.717, 1.165) is 6.42 Å². The maximum absolute atomic E-state index is 11.7. The molecule has 0 N–H and O–H groups in total. The normalized spacial score (nSPS) is 19.7. The Morgan fingerprint density at radius 2 is 1.76 bits per heavy atom. The molecule has 17 heavy (non-hydrogen) atoms. The summed E-state index contributed by atoms with van der Waals surface area (Å²) in [5, 5.41) is 0. The van der Waals surface area contributed by atoms with E-state index in [1.165, 1.54) is 28.9 Å². The summed E-state index contributed by atoms with van der Waals surface area (Å²) >= 11 is 1.40. The fraction of sp³-hybridized carbons (Fsp3) is 0.429. The third-order valence-corrected chi connectivity index (χ3v) is 4.44. The third kappa shape index (κ3) is 3.60. The van der Waals surface area contributed by atoms with Crippen LogP contribution in [0.15, 0.2) is 30.3 Å². The van der Waals surface area contributed by atoms with Crippen LogP contribution in [0.2, 0.25) is 0 Å². The number of carbonyl (C=O) groups excluding carboxylic acids is 1. The van der Waals surface area contributed by atoms with E-state index in [0.29, 0.717) is 12.3 Å². The summed E-state index contributed by atoms with van der Waals surface area (Å²) in [6, 6.07) is 10.3. The van der Waals surface area contributed by atoms with E-state index in [9.17, 15) is 4.79 Å². The van der Waals surface area contributed by atoms with Crippen molar-refractivity contribution in [3.63, 3.8) is 0 Å². The van der Waals surface area contributed by atoms with E-state index in [2.05, 4.69) is 12.1 Å². The number of likely N-dealkylation sites (tertiary alicyclic amines) is 1. The van der Waals surface area contributed by atoms with Crippen LogP contribution < -0.4 is 0 Å². The molecule has 3 heteroatoms. The Bertz CT molecular complexity index is 370. The predicted molar refractivity (Wildman–Crippen MR) is 67.5 cm³/mol. The Labute approximate surface area is 114 Å². The van der Waals surface area contributed by atoms with Crippen LogP contribution >= 0.6 is 0 Å². The van der Waals surface area contributed by atoms with Gasteiger partial charge in [0.05, 0.1) is 0 Å². The van der Waals surface area contributed by atoms with Crippen molar-refractivity contribution in [1.29, 1.82) is 0 Å². The quantitative estimate of drug-likeness (QED) is 0.709. The number of rotatable bonds is 1. The fourth-order valence-corrected chi connectivity index (χ4v) is 2.96. The second kappa shape index (κ2) is 6.86. The first-order valence-corrected chi connectivity index (χ1v) is 7.49. The number of amides is 1. The van der Waals surface area contributed by atoms with Gasteiger partial charge in [-0.05, 0) is 0 Å². The van der Waals surface area contributed by atoms with E-state index < -0.39 is 0 Å². The minimum absolute atomic E-state index is 0.250. The average Bonchev–Trinajstić information content (AvgIpc) is 2.39. The molecule has 1 unspecified atom stereocenters. The molecule has 92 valence electrons. The molecule has 1 aromatic rings. The van der Waals surface area contributed by atoms with E-state index in [4.69, 9.17) is 0 Å². The van der Waals surface area contributed by atoms with Crippen molar-refractivity contribution in [3.8, 4) is 0 Å². The fourth-order valence-electron chi connectivity index (χ4n) is 1.87. The molecule has 0 radical (unpaired) electrons. The van der Waals surface area contributed by atoms with Crippen molar-refractivity contribution in [1.82, 2.24) is 4.90 Å². The Morgan fingerprint density at radius 3 is 2.29 bits per heavy atom. The summed E-state index contributed by atoms with van der Waals surface area (Å²) in [7, 11) is 1.88. The molecule has 2 rings (SSSR count). The average molecular weight is 401 g/mol. The van der Waals surface area contributed by atoms with Gasteiger partial charge in [0.2, 0.25) is 0 Å². The predicted octanol–water partition coefficient (Wildman–Crippen LogP) is 2.73. The van der Waals surface area contributed by atoms with Gasteiger partial charge in [-0.1, -0.05) is 13.8 Å². The number of hydrogen-bond acceptors (Lipinski definition) is 1. The van der Waals surface area contributed by atoms with Gasteiger partial charge in [-0.25, -0.2) is 0 Å². The van der Waals surface area contributed by atoms with Gasteiger partial charge in [0.15, 0.2) is 0 Å². The second-order valence-corrected chi connectivity index (χ2v) is 5.56. The van der Waals surface area contributed by atoms with Gasteiger partial charge in [-0.2, -0.15) is 0 Å². The van der Waals surface area contributed by atoms with Gasteiger partial charge in [0, 0.05) is 0 Å². The van der Waals surface area contributed by atoms with Crippen molar-refractivity contribution >= 4 is 9.93 Å². The SMILES string of the molecule is CC.CN1C(=O)CC(c2ccccc2)C[C]1=[W]. The molecule has 2 nitrogen and oxygen atoms in total. The van der Waals surface area contributed by atoms with Crippen LogP contribution in [-0.4, -0.2) is 21.9 Å². The molecule has 1 aromatic carbocycles. The number of carbonyl (C=O) groups is 1.